The SMILES string of the molecule is O=CCOc1cccc(OCCCOCc2ccccc2)c1. The van der Waals surface area contributed by atoms with Crippen LogP contribution in [0.25, 0.3) is 0 Å². The molecule has 116 valence electrons. The third kappa shape index (κ3) is 5.97. The van der Waals surface area contributed by atoms with E-state index in [0.29, 0.717) is 25.6 Å². The van der Waals surface area contributed by atoms with Gasteiger partial charge in [0.05, 0.1) is 19.8 Å². The normalized spacial score (nSPS) is 10.2. The highest BCUT2D eigenvalue weighted by Gasteiger charge is 1.98. The number of carbonyl (C=O) groups is 1. The van der Waals surface area contributed by atoms with Gasteiger partial charge in [-0.3, -0.25) is 4.79 Å². The maximum Gasteiger partial charge on any atom is 0.157 e. The van der Waals surface area contributed by atoms with Crippen molar-refractivity contribution in [2.45, 2.75) is 13.0 Å². The fourth-order valence-electron chi connectivity index (χ4n) is 1.90. The van der Waals surface area contributed by atoms with E-state index in [2.05, 4.69) is 0 Å². The van der Waals surface area contributed by atoms with Gasteiger partial charge in [0.15, 0.2) is 6.29 Å². The Morgan fingerprint density at radius 3 is 2.41 bits per heavy atom. The topological polar surface area (TPSA) is 44.8 Å². The standard InChI is InChI=1S/C18H20O4/c19-10-13-22-18-9-4-8-17(14-18)21-12-5-11-20-15-16-6-2-1-3-7-16/h1-4,6-10,14H,5,11-13,15H2. The van der Waals surface area contributed by atoms with Crippen molar-refractivity contribution in [2.75, 3.05) is 19.8 Å². The molecule has 0 saturated carbocycles. The van der Waals surface area contributed by atoms with Crippen molar-refractivity contribution in [3.8, 4) is 11.5 Å². The van der Waals surface area contributed by atoms with Gasteiger partial charge in [0.1, 0.15) is 18.1 Å². The molecule has 2 aromatic rings. The van der Waals surface area contributed by atoms with Gasteiger partial charge in [-0.2, -0.15) is 0 Å². The molecule has 0 aromatic heterocycles. The summed E-state index contributed by atoms with van der Waals surface area (Å²) in [6.45, 7) is 1.90. The average Bonchev–Trinajstić information content (AvgIpc) is 2.57. The van der Waals surface area contributed by atoms with E-state index in [-0.39, 0.29) is 6.61 Å². The molecular formula is C18H20O4. The summed E-state index contributed by atoms with van der Waals surface area (Å²) in [6.07, 6.45) is 1.53. The molecule has 4 nitrogen and oxygen atoms in total. The Labute approximate surface area is 130 Å². The Morgan fingerprint density at radius 1 is 0.864 bits per heavy atom. The highest BCUT2D eigenvalue weighted by Crippen LogP contribution is 2.19. The van der Waals surface area contributed by atoms with Crippen LogP contribution in [-0.2, 0) is 16.1 Å². The van der Waals surface area contributed by atoms with Crippen LogP contribution in [0.5, 0.6) is 11.5 Å². The fourth-order valence-corrected chi connectivity index (χ4v) is 1.90. The van der Waals surface area contributed by atoms with Crippen LogP contribution in [0, 0.1) is 0 Å². The van der Waals surface area contributed by atoms with Gasteiger partial charge in [-0.05, 0) is 17.7 Å². The van der Waals surface area contributed by atoms with Crippen molar-refractivity contribution < 1.29 is 19.0 Å². The first-order chi connectivity index (χ1) is 10.9. The van der Waals surface area contributed by atoms with Gasteiger partial charge >= 0.3 is 0 Å². The molecule has 0 aliphatic rings. The Balaban J connectivity index is 1.61. The fraction of sp³-hybridized carbons (Fsp3) is 0.278. The summed E-state index contributed by atoms with van der Waals surface area (Å²) in [5.41, 5.74) is 1.17. The van der Waals surface area contributed by atoms with Gasteiger partial charge in [-0.15, -0.1) is 0 Å². The minimum atomic E-state index is 0.0524. The summed E-state index contributed by atoms with van der Waals surface area (Å²) < 4.78 is 16.4. The highest BCUT2D eigenvalue weighted by molar-refractivity contribution is 5.51. The molecule has 0 amide bonds. The summed E-state index contributed by atoms with van der Waals surface area (Å²) in [5.74, 6) is 1.36. The lowest BCUT2D eigenvalue weighted by atomic mass is 10.2. The third-order valence-electron chi connectivity index (χ3n) is 2.94. The zero-order valence-corrected chi connectivity index (χ0v) is 12.4. The first-order valence-corrected chi connectivity index (χ1v) is 7.29. The summed E-state index contributed by atoms with van der Waals surface area (Å²) in [7, 11) is 0. The summed E-state index contributed by atoms with van der Waals surface area (Å²) in [5, 5.41) is 0. The molecule has 2 rings (SSSR count). The summed E-state index contributed by atoms with van der Waals surface area (Å²) in [6, 6.07) is 17.3. The van der Waals surface area contributed by atoms with Gasteiger partial charge in [0.2, 0.25) is 0 Å². The average molecular weight is 300 g/mol. The maximum absolute atomic E-state index is 10.3. The lowest BCUT2D eigenvalue weighted by molar-refractivity contribution is -0.109. The van der Waals surface area contributed by atoms with Gasteiger partial charge in [0, 0.05) is 12.5 Å². The first-order valence-electron chi connectivity index (χ1n) is 7.29. The van der Waals surface area contributed by atoms with Crippen molar-refractivity contribution in [1.29, 1.82) is 0 Å². The second-order valence-electron chi connectivity index (χ2n) is 4.69. The van der Waals surface area contributed by atoms with Gasteiger partial charge < -0.3 is 14.2 Å². The van der Waals surface area contributed by atoms with E-state index >= 15 is 0 Å². The van der Waals surface area contributed by atoms with E-state index in [1.165, 1.54) is 5.56 Å². The van der Waals surface area contributed by atoms with E-state index in [4.69, 9.17) is 14.2 Å². The molecule has 0 unspecified atom stereocenters. The van der Waals surface area contributed by atoms with Gasteiger partial charge in [-0.25, -0.2) is 0 Å². The molecule has 0 saturated heterocycles. The minimum Gasteiger partial charge on any atom is -0.493 e. The van der Waals surface area contributed by atoms with E-state index in [0.717, 1.165) is 18.5 Å². The number of hydrogen-bond donors (Lipinski definition) is 0. The molecule has 0 spiro atoms. The molecule has 0 aliphatic carbocycles. The van der Waals surface area contributed by atoms with E-state index in [1.54, 1.807) is 12.1 Å². The van der Waals surface area contributed by atoms with Gasteiger partial charge in [0.25, 0.3) is 0 Å². The molecule has 0 radical (unpaired) electrons. The largest absolute Gasteiger partial charge is 0.493 e. The molecule has 0 fully saturated rings. The lowest BCUT2D eigenvalue weighted by Crippen LogP contribution is -2.03. The number of carbonyl (C=O) groups excluding carboxylic acids is 1. The molecular weight excluding hydrogens is 280 g/mol. The van der Waals surface area contributed by atoms with Crippen molar-refractivity contribution in [2.24, 2.45) is 0 Å². The second-order valence-corrected chi connectivity index (χ2v) is 4.69. The molecule has 0 atom stereocenters. The predicted molar refractivity (Wildman–Crippen MR) is 84.2 cm³/mol. The zero-order valence-electron chi connectivity index (χ0n) is 12.4. The van der Waals surface area contributed by atoms with Crippen molar-refractivity contribution in [3.63, 3.8) is 0 Å². The van der Waals surface area contributed by atoms with Crippen LogP contribution in [0.1, 0.15) is 12.0 Å². The Bertz CT molecular complexity index is 554. The van der Waals surface area contributed by atoms with Crippen LogP contribution in [0.4, 0.5) is 0 Å². The summed E-state index contributed by atoms with van der Waals surface area (Å²) in [4.78, 5) is 10.3. The first kappa shape index (κ1) is 16.0. The van der Waals surface area contributed by atoms with Crippen LogP contribution in [0.3, 0.4) is 0 Å². The van der Waals surface area contributed by atoms with Crippen molar-refractivity contribution in [3.05, 3.63) is 60.2 Å². The van der Waals surface area contributed by atoms with Crippen LogP contribution in [0.15, 0.2) is 54.6 Å². The summed E-state index contributed by atoms with van der Waals surface area (Å²) >= 11 is 0. The molecule has 22 heavy (non-hydrogen) atoms. The number of rotatable bonds is 10. The molecule has 0 heterocycles. The molecule has 0 N–H and O–H groups in total. The van der Waals surface area contributed by atoms with Crippen LogP contribution < -0.4 is 9.47 Å². The predicted octanol–water partition coefficient (Wildman–Crippen LogP) is 3.25. The Hall–Kier alpha value is -2.33. The van der Waals surface area contributed by atoms with Gasteiger partial charge in [-0.1, -0.05) is 36.4 Å². The van der Waals surface area contributed by atoms with E-state index < -0.39 is 0 Å². The minimum absolute atomic E-state index is 0.0524. The number of hydrogen-bond acceptors (Lipinski definition) is 4. The third-order valence-corrected chi connectivity index (χ3v) is 2.94. The van der Waals surface area contributed by atoms with E-state index in [9.17, 15) is 4.79 Å². The van der Waals surface area contributed by atoms with Crippen LogP contribution in [0.2, 0.25) is 0 Å². The lowest BCUT2D eigenvalue weighted by Gasteiger charge is -2.08. The molecule has 2 aromatic carbocycles. The van der Waals surface area contributed by atoms with Crippen molar-refractivity contribution >= 4 is 6.29 Å². The van der Waals surface area contributed by atoms with Crippen molar-refractivity contribution in [1.82, 2.24) is 0 Å². The number of aldehydes is 1. The molecule has 4 heteroatoms. The second kappa shape index (κ2) is 9.58. The molecule has 0 aliphatic heterocycles. The number of ether oxygens (including phenoxy) is 3. The Kier molecular flexibility index (Phi) is 6.99. The maximum atomic E-state index is 10.3. The highest BCUT2D eigenvalue weighted by atomic mass is 16.5. The zero-order chi connectivity index (χ0) is 15.5. The monoisotopic (exact) mass is 300 g/mol. The quantitative estimate of drug-likeness (QED) is 0.499. The number of benzene rings is 2. The van der Waals surface area contributed by atoms with Crippen LogP contribution in [-0.4, -0.2) is 26.1 Å². The smallest absolute Gasteiger partial charge is 0.157 e. The van der Waals surface area contributed by atoms with E-state index in [1.807, 2.05) is 42.5 Å². The van der Waals surface area contributed by atoms with Crippen LogP contribution >= 0.6 is 0 Å². The Morgan fingerprint density at radius 2 is 1.64 bits per heavy atom. The molecule has 0 bridgehead atoms.